The lowest BCUT2D eigenvalue weighted by Gasteiger charge is -2.45. The maximum absolute atomic E-state index is 13.0. The van der Waals surface area contributed by atoms with E-state index in [-0.39, 0.29) is 48.1 Å². The Morgan fingerprint density at radius 2 is 1.91 bits per heavy atom. The van der Waals surface area contributed by atoms with Crippen molar-refractivity contribution in [2.75, 3.05) is 0 Å². The molecule has 0 bridgehead atoms. The highest BCUT2D eigenvalue weighted by molar-refractivity contribution is 5.89. The zero-order valence-electron chi connectivity index (χ0n) is 20.4. The molecular weight excluding hydrogens is 424 g/mol. The summed E-state index contributed by atoms with van der Waals surface area (Å²) >= 11 is 0. The van der Waals surface area contributed by atoms with E-state index in [9.17, 15) is 24.6 Å². The summed E-state index contributed by atoms with van der Waals surface area (Å²) in [6.45, 7) is 9.65. The van der Waals surface area contributed by atoms with Crippen molar-refractivity contribution in [3.8, 4) is 0 Å². The molecule has 0 amide bonds. The largest absolute Gasteiger partial charge is 0.478 e. The molecule has 184 valence electrons. The van der Waals surface area contributed by atoms with Crippen LogP contribution in [-0.4, -0.2) is 46.4 Å². The van der Waals surface area contributed by atoms with Crippen molar-refractivity contribution in [3.05, 3.63) is 23.3 Å². The molecule has 0 aromatic rings. The second kappa shape index (κ2) is 10.00. The molecule has 2 aliphatic carbocycles. The molecule has 6 unspecified atom stereocenters. The molecule has 2 N–H and O–H groups in total. The lowest BCUT2D eigenvalue weighted by atomic mass is 9.63. The van der Waals surface area contributed by atoms with Gasteiger partial charge in [0.05, 0.1) is 17.9 Å². The maximum Gasteiger partial charge on any atom is 0.332 e. The number of hydrogen-bond donors (Lipinski definition) is 2. The standard InChI is InChI=1S/C26H38O7/c1-6-26(4,5)25(31)33-20-11-15(3)22(24(29)30)19-9-7-14(2)18(23(19)20)10-8-17-12-16(27)13-21(28)32-17/h7,9,14-18,20,23,27H,6,8,10-13H2,1-5H3,(H,29,30)/t14?,15?,16?,17?,18?,20?,23-/m1/s1. The van der Waals surface area contributed by atoms with E-state index >= 15 is 0 Å². The second-order valence-electron chi connectivity index (χ2n) is 10.7. The van der Waals surface area contributed by atoms with Crippen LogP contribution in [0.5, 0.6) is 0 Å². The van der Waals surface area contributed by atoms with Crippen LogP contribution in [0.15, 0.2) is 23.3 Å². The molecule has 3 rings (SSSR count). The quantitative estimate of drug-likeness (QED) is 0.549. The number of fused-ring (bicyclic) bond motifs is 1. The van der Waals surface area contributed by atoms with Gasteiger partial charge >= 0.3 is 17.9 Å². The normalized spacial score (nSPS) is 34.5. The van der Waals surface area contributed by atoms with Crippen molar-refractivity contribution >= 4 is 17.9 Å². The first-order chi connectivity index (χ1) is 15.4. The summed E-state index contributed by atoms with van der Waals surface area (Å²) < 4.78 is 11.5. The number of ether oxygens (including phenoxy) is 2. The Morgan fingerprint density at radius 1 is 1.21 bits per heavy atom. The number of carboxylic acids is 1. The van der Waals surface area contributed by atoms with Crippen molar-refractivity contribution in [3.63, 3.8) is 0 Å². The van der Waals surface area contributed by atoms with Gasteiger partial charge in [0.25, 0.3) is 0 Å². The lowest BCUT2D eigenvalue weighted by molar-refractivity contribution is -0.166. The first kappa shape index (κ1) is 25.5. The third-order valence-electron chi connectivity index (χ3n) is 7.85. The van der Waals surface area contributed by atoms with E-state index in [1.807, 2.05) is 39.8 Å². The number of allylic oxidation sites excluding steroid dienone is 2. The summed E-state index contributed by atoms with van der Waals surface area (Å²) in [4.78, 5) is 36.9. The molecule has 0 aromatic heterocycles. The summed E-state index contributed by atoms with van der Waals surface area (Å²) in [6, 6.07) is 0. The first-order valence-electron chi connectivity index (χ1n) is 12.2. The van der Waals surface area contributed by atoms with Crippen LogP contribution >= 0.6 is 0 Å². The van der Waals surface area contributed by atoms with Crippen LogP contribution < -0.4 is 0 Å². The van der Waals surface area contributed by atoms with Gasteiger partial charge in [-0.1, -0.05) is 32.9 Å². The van der Waals surface area contributed by atoms with E-state index in [4.69, 9.17) is 9.47 Å². The molecule has 1 aliphatic heterocycles. The summed E-state index contributed by atoms with van der Waals surface area (Å²) in [5.74, 6) is -1.85. The third-order valence-corrected chi connectivity index (χ3v) is 7.85. The number of carbonyl (C=O) groups excluding carboxylic acids is 2. The summed E-state index contributed by atoms with van der Waals surface area (Å²) in [6.07, 6.45) is 5.31. The zero-order valence-corrected chi connectivity index (χ0v) is 20.4. The molecule has 1 saturated heterocycles. The molecule has 33 heavy (non-hydrogen) atoms. The monoisotopic (exact) mass is 462 g/mol. The van der Waals surface area contributed by atoms with Gasteiger partial charge in [-0.05, 0) is 62.9 Å². The zero-order chi connectivity index (χ0) is 24.5. The number of cyclic esters (lactones) is 1. The highest BCUT2D eigenvalue weighted by Crippen LogP contribution is 2.48. The van der Waals surface area contributed by atoms with Gasteiger partial charge in [0.2, 0.25) is 0 Å². The molecule has 7 atom stereocenters. The fourth-order valence-corrected chi connectivity index (χ4v) is 5.47. The molecule has 3 aliphatic rings. The minimum absolute atomic E-state index is 0.0275. The first-order valence-corrected chi connectivity index (χ1v) is 12.2. The van der Waals surface area contributed by atoms with Crippen molar-refractivity contribution in [2.45, 2.75) is 91.5 Å². The maximum atomic E-state index is 13.0. The Kier molecular flexibility index (Phi) is 7.72. The SMILES string of the molecule is CCC(C)(C)C(=O)OC1CC(C)C(C(=O)O)=C2C=CC(C)C(CCC3CC(O)CC(=O)O3)[C@H]21. The van der Waals surface area contributed by atoms with Gasteiger partial charge in [0.15, 0.2) is 0 Å². The predicted octanol–water partition coefficient (Wildman–Crippen LogP) is 4.04. The van der Waals surface area contributed by atoms with Gasteiger partial charge < -0.3 is 19.7 Å². The summed E-state index contributed by atoms with van der Waals surface area (Å²) in [5, 5.41) is 19.9. The highest BCUT2D eigenvalue weighted by Gasteiger charge is 2.46. The lowest BCUT2D eigenvalue weighted by Crippen LogP contribution is -2.45. The van der Waals surface area contributed by atoms with E-state index in [0.717, 1.165) is 5.57 Å². The number of aliphatic hydroxyl groups excluding tert-OH is 1. The van der Waals surface area contributed by atoms with Gasteiger partial charge in [-0.2, -0.15) is 0 Å². The van der Waals surface area contributed by atoms with Crippen LogP contribution in [0, 0.1) is 29.1 Å². The molecule has 7 nitrogen and oxygen atoms in total. The van der Waals surface area contributed by atoms with Gasteiger partial charge in [-0.3, -0.25) is 9.59 Å². The van der Waals surface area contributed by atoms with E-state index in [1.54, 1.807) is 0 Å². The number of carbonyl (C=O) groups is 3. The number of esters is 2. The predicted molar refractivity (Wildman–Crippen MR) is 122 cm³/mol. The number of hydrogen-bond acceptors (Lipinski definition) is 6. The minimum atomic E-state index is -0.927. The molecule has 1 heterocycles. The fraction of sp³-hybridized carbons (Fsp3) is 0.731. The Labute approximate surface area is 196 Å². The highest BCUT2D eigenvalue weighted by atomic mass is 16.6. The van der Waals surface area contributed by atoms with Crippen molar-refractivity contribution < 1.29 is 34.1 Å². The number of aliphatic carboxylic acids is 1. The molecule has 1 fully saturated rings. The Hall–Kier alpha value is -2.15. The third kappa shape index (κ3) is 5.51. The smallest absolute Gasteiger partial charge is 0.332 e. The van der Waals surface area contributed by atoms with Crippen LogP contribution in [0.3, 0.4) is 0 Å². The number of aliphatic hydroxyl groups is 1. The topological polar surface area (TPSA) is 110 Å². The molecule has 0 radical (unpaired) electrons. The Balaban J connectivity index is 1.90. The van der Waals surface area contributed by atoms with Crippen molar-refractivity contribution in [1.82, 2.24) is 0 Å². The summed E-state index contributed by atoms with van der Waals surface area (Å²) in [7, 11) is 0. The molecule has 0 saturated carbocycles. The van der Waals surface area contributed by atoms with Crippen LogP contribution in [0.2, 0.25) is 0 Å². The van der Waals surface area contributed by atoms with Crippen molar-refractivity contribution in [2.24, 2.45) is 29.1 Å². The number of carboxylic acid groups (broad SMARTS) is 1. The minimum Gasteiger partial charge on any atom is -0.478 e. The summed E-state index contributed by atoms with van der Waals surface area (Å²) in [5.41, 5.74) is 0.532. The number of rotatable bonds is 7. The van der Waals surface area contributed by atoms with E-state index in [0.29, 0.717) is 37.7 Å². The van der Waals surface area contributed by atoms with E-state index < -0.39 is 23.6 Å². The van der Waals surface area contributed by atoms with Crippen LogP contribution in [0.4, 0.5) is 0 Å². The second-order valence-corrected chi connectivity index (χ2v) is 10.7. The van der Waals surface area contributed by atoms with E-state index in [2.05, 4.69) is 6.92 Å². The molecule has 7 heteroatoms. The fourth-order valence-electron chi connectivity index (χ4n) is 5.47. The molecular formula is C26H38O7. The Morgan fingerprint density at radius 3 is 2.52 bits per heavy atom. The van der Waals surface area contributed by atoms with Gasteiger partial charge in [0, 0.05) is 17.9 Å². The van der Waals surface area contributed by atoms with Crippen LogP contribution in [0.1, 0.15) is 73.1 Å². The average molecular weight is 463 g/mol. The van der Waals surface area contributed by atoms with Crippen LogP contribution in [0.25, 0.3) is 0 Å². The van der Waals surface area contributed by atoms with E-state index in [1.165, 1.54) is 0 Å². The van der Waals surface area contributed by atoms with Gasteiger partial charge in [0.1, 0.15) is 12.2 Å². The molecule has 0 aromatic carbocycles. The molecule has 0 spiro atoms. The van der Waals surface area contributed by atoms with Crippen molar-refractivity contribution in [1.29, 1.82) is 0 Å². The average Bonchev–Trinajstić information content (AvgIpc) is 2.72. The van der Waals surface area contributed by atoms with Gasteiger partial charge in [-0.15, -0.1) is 0 Å². The van der Waals surface area contributed by atoms with Gasteiger partial charge in [-0.25, -0.2) is 4.79 Å². The Bertz CT molecular complexity index is 840. The van der Waals surface area contributed by atoms with Crippen LogP contribution in [-0.2, 0) is 23.9 Å².